The molecular formula is C57H46N2. The SMILES string of the molecule is CC1(C)C2=C(C=CCC=C2)N(c2ccc3c(c2)C(C)(C)c2cc(C=Cc4cccc5c(N6c7ccccc7C=Cc7ccccc76)cccc45)ccc2-3)c2ccccc21. The third kappa shape index (κ3) is 5.47. The van der Waals surface area contributed by atoms with Gasteiger partial charge in [0.15, 0.2) is 0 Å². The summed E-state index contributed by atoms with van der Waals surface area (Å²) in [6, 6.07) is 53.9. The predicted molar refractivity (Wildman–Crippen MR) is 252 cm³/mol. The van der Waals surface area contributed by atoms with Crippen molar-refractivity contribution in [2.45, 2.75) is 44.9 Å². The molecule has 59 heavy (non-hydrogen) atoms. The average Bonchev–Trinajstić information content (AvgIpc) is 3.48. The fraction of sp³-hybridized carbons (Fsp3) is 0.123. The van der Waals surface area contributed by atoms with E-state index in [9.17, 15) is 0 Å². The van der Waals surface area contributed by atoms with Gasteiger partial charge in [0.25, 0.3) is 0 Å². The summed E-state index contributed by atoms with van der Waals surface area (Å²) in [6.45, 7) is 9.51. The van der Waals surface area contributed by atoms with E-state index in [0.29, 0.717) is 0 Å². The predicted octanol–water partition coefficient (Wildman–Crippen LogP) is 15.5. The van der Waals surface area contributed by atoms with Gasteiger partial charge in [-0.15, -0.1) is 0 Å². The van der Waals surface area contributed by atoms with E-state index in [1.54, 1.807) is 0 Å². The van der Waals surface area contributed by atoms with E-state index in [2.05, 4.69) is 232 Å². The molecule has 7 aromatic rings. The van der Waals surface area contributed by atoms with Crippen LogP contribution in [0.15, 0.2) is 181 Å². The molecule has 0 fully saturated rings. The van der Waals surface area contributed by atoms with Crippen LogP contribution in [0.2, 0.25) is 0 Å². The number of nitrogens with zero attached hydrogens (tertiary/aromatic N) is 2. The summed E-state index contributed by atoms with van der Waals surface area (Å²) in [5, 5.41) is 2.45. The third-order valence-corrected chi connectivity index (χ3v) is 13.2. The lowest BCUT2D eigenvalue weighted by Gasteiger charge is -2.42. The number of benzene rings is 7. The van der Waals surface area contributed by atoms with Gasteiger partial charge in [0.05, 0.1) is 22.7 Å². The van der Waals surface area contributed by atoms with Crippen molar-refractivity contribution in [3.05, 3.63) is 220 Å². The molecular weight excluding hydrogens is 713 g/mol. The van der Waals surface area contributed by atoms with Crippen LogP contribution in [-0.4, -0.2) is 0 Å². The summed E-state index contributed by atoms with van der Waals surface area (Å²) in [4.78, 5) is 4.92. The van der Waals surface area contributed by atoms with E-state index >= 15 is 0 Å². The van der Waals surface area contributed by atoms with Crippen LogP contribution >= 0.6 is 0 Å². The highest BCUT2D eigenvalue weighted by Gasteiger charge is 2.40. The zero-order chi connectivity index (χ0) is 39.9. The minimum atomic E-state index is -0.168. The van der Waals surface area contributed by atoms with E-state index in [0.717, 1.165) is 6.42 Å². The highest BCUT2D eigenvalue weighted by molar-refractivity contribution is 6.05. The Morgan fingerprint density at radius 3 is 1.86 bits per heavy atom. The summed E-state index contributed by atoms with van der Waals surface area (Å²) >= 11 is 0. The van der Waals surface area contributed by atoms with Crippen molar-refractivity contribution >= 4 is 63.5 Å². The molecule has 0 N–H and O–H groups in total. The number of hydrogen-bond donors (Lipinski definition) is 0. The second-order valence-electron chi connectivity index (χ2n) is 17.3. The molecule has 0 unspecified atom stereocenters. The molecule has 0 amide bonds. The van der Waals surface area contributed by atoms with E-state index in [-0.39, 0.29) is 10.8 Å². The minimum absolute atomic E-state index is 0.0962. The van der Waals surface area contributed by atoms with Crippen LogP contribution < -0.4 is 9.80 Å². The smallest absolute Gasteiger partial charge is 0.0540 e. The zero-order valence-electron chi connectivity index (χ0n) is 34.1. The largest absolute Gasteiger partial charge is 0.310 e. The standard InChI is InChI=1S/C57H46N2/c1-56(2)47-21-6-5-7-25-54(47)58(55-26-13-10-22-48(55)56)42-33-35-45-44-34-29-38(36-49(44)57(3,4)50(45)37-42)28-30-39-18-14-20-46-43(39)19-15-27-53(46)59-51-23-11-8-16-40(51)31-32-41-17-9-12-24-52(41)59/h6-37H,5H2,1-4H3. The van der Waals surface area contributed by atoms with E-state index in [4.69, 9.17) is 0 Å². The Morgan fingerprint density at radius 2 is 1.08 bits per heavy atom. The number of rotatable bonds is 4. The van der Waals surface area contributed by atoms with Crippen molar-refractivity contribution in [1.29, 1.82) is 0 Å². The van der Waals surface area contributed by atoms with Gasteiger partial charge in [-0.1, -0.05) is 179 Å². The third-order valence-electron chi connectivity index (χ3n) is 13.2. The van der Waals surface area contributed by atoms with Crippen molar-refractivity contribution in [2.75, 3.05) is 9.80 Å². The van der Waals surface area contributed by atoms with Crippen LogP contribution in [0.4, 0.5) is 28.4 Å². The molecule has 4 aliphatic rings. The molecule has 2 aliphatic carbocycles. The molecule has 2 nitrogen and oxygen atoms in total. The average molecular weight is 759 g/mol. The van der Waals surface area contributed by atoms with Gasteiger partial charge in [-0.2, -0.15) is 0 Å². The summed E-state index contributed by atoms with van der Waals surface area (Å²) in [5.41, 5.74) is 19.9. The normalized spacial score (nSPS) is 16.6. The molecule has 0 saturated carbocycles. The van der Waals surface area contributed by atoms with Crippen LogP contribution in [-0.2, 0) is 10.8 Å². The summed E-state index contributed by atoms with van der Waals surface area (Å²) < 4.78 is 0. The molecule has 0 atom stereocenters. The van der Waals surface area contributed by atoms with Gasteiger partial charge < -0.3 is 9.80 Å². The molecule has 2 heterocycles. The Bertz CT molecular complexity index is 2990. The summed E-state index contributed by atoms with van der Waals surface area (Å²) in [7, 11) is 0. The van der Waals surface area contributed by atoms with Gasteiger partial charge in [-0.3, -0.25) is 0 Å². The van der Waals surface area contributed by atoms with E-state index in [1.807, 2.05) is 0 Å². The van der Waals surface area contributed by atoms with E-state index < -0.39 is 0 Å². The molecule has 0 saturated heterocycles. The Labute approximate surface area is 348 Å². The zero-order valence-corrected chi connectivity index (χ0v) is 34.1. The lowest BCUT2D eigenvalue weighted by Crippen LogP contribution is -2.33. The highest BCUT2D eigenvalue weighted by atomic mass is 15.2. The molecule has 284 valence electrons. The number of para-hydroxylation sites is 3. The summed E-state index contributed by atoms with van der Waals surface area (Å²) in [5.74, 6) is 0. The lowest BCUT2D eigenvalue weighted by atomic mass is 9.73. The monoisotopic (exact) mass is 758 g/mol. The number of anilines is 5. The topological polar surface area (TPSA) is 6.48 Å². The van der Waals surface area contributed by atoms with Crippen molar-refractivity contribution in [2.24, 2.45) is 0 Å². The quantitative estimate of drug-likeness (QED) is 0.165. The Kier molecular flexibility index (Phi) is 7.97. The van der Waals surface area contributed by atoms with Gasteiger partial charge in [-0.25, -0.2) is 0 Å². The molecule has 0 spiro atoms. The molecule has 7 aromatic carbocycles. The molecule has 2 heteroatoms. The molecule has 11 rings (SSSR count). The second-order valence-corrected chi connectivity index (χ2v) is 17.3. The minimum Gasteiger partial charge on any atom is -0.310 e. The van der Waals surface area contributed by atoms with Crippen molar-refractivity contribution < 1.29 is 0 Å². The maximum Gasteiger partial charge on any atom is 0.0540 e. The summed E-state index contributed by atoms with van der Waals surface area (Å²) in [6.07, 6.45) is 19.3. The Morgan fingerprint density at radius 1 is 0.458 bits per heavy atom. The first kappa shape index (κ1) is 35.3. The van der Waals surface area contributed by atoms with Gasteiger partial charge in [-0.05, 0) is 110 Å². The first-order valence-corrected chi connectivity index (χ1v) is 20.9. The van der Waals surface area contributed by atoms with Gasteiger partial charge in [0.2, 0.25) is 0 Å². The maximum absolute atomic E-state index is 2.49. The molecule has 0 aromatic heterocycles. The fourth-order valence-corrected chi connectivity index (χ4v) is 10.2. The van der Waals surface area contributed by atoms with Crippen LogP contribution in [0.25, 0.3) is 46.2 Å². The lowest BCUT2D eigenvalue weighted by molar-refractivity contribution is 0.621. The fourth-order valence-electron chi connectivity index (χ4n) is 10.2. The second kappa shape index (κ2) is 13.3. The Balaban J connectivity index is 0.955. The van der Waals surface area contributed by atoms with Crippen LogP contribution in [0, 0.1) is 0 Å². The number of allylic oxidation sites excluding steroid dienone is 5. The maximum atomic E-state index is 2.49. The first-order chi connectivity index (χ1) is 28.8. The molecule has 0 radical (unpaired) electrons. The van der Waals surface area contributed by atoms with Gasteiger partial charge >= 0.3 is 0 Å². The van der Waals surface area contributed by atoms with Gasteiger partial charge in [0.1, 0.15) is 0 Å². The van der Waals surface area contributed by atoms with E-state index in [1.165, 1.54) is 101 Å². The van der Waals surface area contributed by atoms with Crippen molar-refractivity contribution in [3.8, 4) is 11.1 Å². The molecule has 2 aliphatic heterocycles. The van der Waals surface area contributed by atoms with Crippen molar-refractivity contribution in [1.82, 2.24) is 0 Å². The van der Waals surface area contributed by atoms with Crippen LogP contribution in [0.3, 0.4) is 0 Å². The van der Waals surface area contributed by atoms with Crippen LogP contribution in [0.5, 0.6) is 0 Å². The highest BCUT2D eigenvalue weighted by Crippen LogP contribution is 2.54. The number of hydrogen-bond acceptors (Lipinski definition) is 2. The molecule has 0 bridgehead atoms. The van der Waals surface area contributed by atoms with Crippen LogP contribution in [0.1, 0.15) is 73.1 Å². The van der Waals surface area contributed by atoms with Crippen molar-refractivity contribution in [3.63, 3.8) is 0 Å². The number of fused-ring (bicyclic) bond motifs is 7. The Hall–Kier alpha value is -6.90. The first-order valence-electron chi connectivity index (χ1n) is 20.9. The van der Waals surface area contributed by atoms with Gasteiger partial charge in [0, 0.05) is 27.6 Å².